The number of hydroxylamine groups is 1. The Kier molecular flexibility index (Phi) is 8.64. The standard InChI is InChI=1S/C8H15NO4S.Na.H/c1-6(2)5-14(11,12)13-9-8(10)7(3)4;;/h6H,3,5H2,1-2,4H3,(H,9,10);;. The number of nitrogens with one attached hydrogen (secondary N) is 1. The van der Waals surface area contributed by atoms with Crippen molar-refractivity contribution in [3.05, 3.63) is 12.2 Å². The zero-order valence-corrected chi connectivity index (χ0v) is 9.35. The van der Waals surface area contributed by atoms with Crippen molar-refractivity contribution in [3.63, 3.8) is 0 Å². The molecule has 0 aliphatic carbocycles. The van der Waals surface area contributed by atoms with E-state index in [1.54, 1.807) is 19.3 Å². The van der Waals surface area contributed by atoms with E-state index in [-0.39, 0.29) is 46.8 Å². The van der Waals surface area contributed by atoms with E-state index < -0.39 is 16.0 Å². The Morgan fingerprint density at radius 3 is 2.27 bits per heavy atom. The van der Waals surface area contributed by atoms with Gasteiger partial charge in [0.2, 0.25) is 0 Å². The fourth-order valence-corrected chi connectivity index (χ4v) is 1.72. The summed E-state index contributed by atoms with van der Waals surface area (Å²) in [5, 5.41) is 0. The Balaban J connectivity index is 0. The Morgan fingerprint density at radius 1 is 1.47 bits per heavy atom. The molecule has 0 heterocycles. The van der Waals surface area contributed by atoms with E-state index in [0.29, 0.717) is 0 Å². The van der Waals surface area contributed by atoms with Crippen LogP contribution >= 0.6 is 0 Å². The van der Waals surface area contributed by atoms with Crippen LogP contribution in [0.4, 0.5) is 0 Å². The fraction of sp³-hybridized carbons (Fsp3) is 0.625. The minimum atomic E-state index is -3.68. The van der Waals surface area contributed by atoms with E-state index in [4.69, 9.17) is 0 Å². The maximum absolute atomic E-state index is 11.1. The predicted molar refractivity (Wildman–Crippen MR) is 59.8 cm³/mol. The van der Waals surface area contributed by atoms with Gasteiger partial charge in [-0.2, -0.15) is 8.42 Å². The molecule has 0 aromatic rings. The van der Waals surface area contributed by atoms with Gasteiger partial charge < -0.3 is 0 Å². The summed E-state index contributed by atoms with van der Waals surface area (Å²) in [6.45, 7) is 8.26. The molecule has 0 radical (unpaired) electrons. The summed E-state index contributed by atoms with van der Waals surface area (Å²) in [5.74, 6) is -0.831. The normalized spacial score (nSPS) is 10.7. The van der Waals surface area contributed by atoms with Crippen LogP contribution in [0.25, 0.3) is 0 Å². The molecule has 7 heteroatoms. The summed E-state index contributed by atoms with van der Waals surface area (Å²) >= 11 is 0. The van der Waals surface area contributed by atoms with Gasteiger partial charge >= 0.3 is 29.6 Å². The molecule has 0 aliphatic heterocycles. The van der Waals surface area contributed by atoms with Crippen LogP contribution in [-0.4, -0.2) is 49.6 Å². The van der Waals surface area contributed by atoms with Crippen molar-refractivity contribution in [2.45, 2.75) is 20.8 Å². The molecule has 5 nitrogen and oxygen atoms in total. The Bertz CT molecular complexity index is 324. The molecule has 0 atom stereocenters. The topological polar surface area (TPSA) is 72.5 Å². The molecule has 0 unspecified atom stereocenters. The van der Waals surface area contributed by atoms with Crippen LogP contribution in [0.2, 0.25) is 0 Å². The second kappa shape index (κ2) is 7.40. The number of rotatable bonds is 5. The van der Waals surface area contributed by atoms with E-state index in [9.17, 15) is 13.2 Å². The van der Waals surface area contributed by atoms with Crippen molar-refractivity contribution in [2.24, 2.45) is 5.92 Å². The molecule has 0 fully saturated rings. The maximum atomic E-state index is 11.1. The number of hydrogen-bond donors (Lipinski definition) is 1. The molecule has 84 valence electrons. The van der Waals surface area contributed by atoms with Crippen molar-refractivity contribution >= 4 is 45.6 Å². The van der Waals surface area contributed by atoms with Gasteiger partial charge in [-0.3, -0.25) is 4.79 Å². The van der Waals surface area contributed by atoms with Crippen molar-refractivity contribution in [1.29, 1.82) is 0 Å². The van der Waals surface area contributed by atoms with E-state index in [0.717, 1.165) is 0 Å². The summed E-state index contributed by atoms with van der Waals surface area (Å²) < 4.78 is 26.5. The monoisotopic (exact) mass is 245 g/mol. The van der Waals surface area contributed by atoms with E-state index in [1.165, 1.54) is 6.92 Å². The average molecular weight is 245 g/mol. The zero-order valence-electron chi connectivity index (χ0n) is 8.53. The molecular weight excluding hydrogens is 229 g/mol. The molecule has 0 bridgehead atoms. The van der Waals surface area contributed by atoms with E-state index in [2.05, 4.69) is 10.9 Å². The van der Waals surface area contributed by atoms with E-state index in [1.807, 2.05) is 0 Å². The number of carbonyl (C=O) groups is 1. The summed E-state index contributed by atoms with van der Waals surface area (Å²) in [6, 6.07) is 0. The molecule has 1 N–H and O–H groups in total. The summed E-state index contributed by atoms with van der Waals surface area (Å²) in [4.78, 5) is 10.9. The minimum absolute atomic E-state index is 0. The first kappa shape index (κ1) is 17.5. The van der Waals surface area contributed by atoms with Gasteiger partial charge in [0.05, 0.1) is 5.75 Å². The van der Waals surface area contributed by atoms with Crippen LogP contribution in [0.5, 0.6) is 0 Å². The average Bonchev–Trinajstić information content (AvgIpc) is 1.97. The van der Waals surface area contributed by atoms with Gasteiger partial charge in [0.1, 0.15) is 0 Å². The molecule has 0 saturated heterocycles. The van der Waals surface area contributed by atoms with Crippen molar-refractivity contribution in [2.75, 3.05) is 5.75 Å². The second-order valence-electron chi connectivity index (χ2n) is 3.41. The van der Waals surface area contributed by atoms with Gasteiger partial charge in [0, 0.05) is 5.57 Å². The van der Waals surface area contributed by atoms with Crippen LogP contribution in [0, 0.1) is 5.92 Å². The third-order valence-corrected chi connectivity index (χ3v) is 2.60. The van der Waals surface area contributed by atoms with Gasteiger partial charge in [-0.05, 0) is 12.8 Å². The zero-order chi connectivity index (χ0) is 11.4. The molecule has 0 saturated carbocycles. The summed E-state index contributed by atoms with van der Waals surface area (Å²) in [7, 11) is -3.68. The van der Waals surface area contributed by atoms with Gasteiger partial charge in [-0.15, -0.1) is 4.28 Å². The first-order chi connectivity index (χ1) is 6.24. The molecule has 0 aromatic heterocycles. The molecule has 0 spiro atoms. The molecular formula is C8H16NNaO4S. The van der Waals surface area contributed by atoms with Crippen LogP contribution in [-0.2, 0) is 19.2 Å². The van der Waals surface area contributed by atoms with Crippen molar-refractivity contribution in [1.82, 2.24) is 5.48 Å². The third-order valence-electron chi connectivity index (χ3n) is 1.19. The quantitative estimate of drug-likeness (QED) is 0.418. The SMILES string of the molecule is C=C(C)C(=O)NOS(=O)(=O)CC(C)C.[NaH]. The number of carbonyl (C=O) groups excluding carboxylic acids is 1. The van der Waals surface area contributed by atoms with Crippen molar-refractivity contribution < 1.29 is 17.5 Å². The van der Waals surface area contributed by atoms with Gasteiger partial charge in [-0.25, -0.2) is 5.48 Å². The summed E-state index contributed by atoms with van der Waals surface area (Å²) in [6.07, 6.45) is 0. The second-order valence-corrected chi connectivity index (χ2v) is 5.03. The van der Waals surface area contributed by atoms with Gasteiger partial charge in [0.15, 0.2) is 0 Å². The molecule has 0 aromatic carbocycles. The predicted octanol–water partition coefficient (Wildman–Crippen LogP) is -0.0524. The summed E-state index contributed by atoms with van der Waals surface area (Å²) in [5.41, 5.74) is 1.99. The fourth-order valence-electron chi connectivity index (χ4n) is 0.631. The van der Waals surface area contributed by atoms with E-state index >= 15 is 0 Å². The van der Waals surface area contributed by atoms with Gasteiger partial charge in [0.25, 0.3) is 16.0 Å². The first-order valence-corrected chi connectivity index (χ1v) is 5.69. The number of hydrogen-bond acceptors (Lipinski definition) is 4. The molecule has 0 aliphatic rings. The Morgan fingerprint density at radius 2 is 1.93 bits per heavy atom. The van der Waals surface area contributed by atoms with Crippen LogP contribution < -0.4 is 5.48 Å². The Hall–Kier alpha value is 0.120. The molecule has 1 amide bonds. The molecule has 0 rings (SSSR count). The van der Waals surface area contributed by atoms with Crippen LogP contribution in [0.1, 0.15) is 20.8 Å². The van der Waals surface area contributed by atoms with Crippen LogP contribution in [0.15, 0.2) is 12.2 Å². The first-order valence-electron chi connectivity index (χ1n) is 4.11. The van der Waals surface area contributed by atoms with Crippen molar-refractivity contribution in [3.8, 4) is 0 Å². The van der Waals surface area contributed by atoms with Gasteiger partial charge in [-0.1, -0.05) is 20.4 Å². The third kappa shape index (κ3) is 9.07. The van der Waals surface area contributed by atoms with Crippen LogP contribution in [0.3, 0.4) is 0 Å². The molecule has 15 heavy (non-hydrogen) atoms. The Labute approximate surface area is 113 Å². The number of amides is 1.